The van der Waals surface area contributed by atoms with Gasteiger partial charge in [-0.05, 0) is 105 Å². The van der Waals surface area contributed by atoms with E-state index in [1.807, 2.05) is 0 Å². The maximum Gasteiger partial charge on any atom is 0.312 e. The quantitative estimate of drug-likeness (QED) is 0.211. The lowest BCUT2D eigenvalue weighted by Crippen LogP contribution is -2.67. The Balaban J connectivity index is 1.65. The summed E-state index contributed by atoms with van der Waals surface area (Å²) in [7, 11) is 0. The van der Waals surface area contributed by atoms with Gasteiger partial charge in [-0.3, -0.25) is 14.4 Å². The zero-order chi connectivity index (χ0) is 29.6. The van der Waals surface area contributed by atoms with E-state index in [1.54, 1.807) is 6.92 Å². The average molecular weight is 579 g/mol. The molecule has 0 aliphatic heterocycles. The summed E-state index contributed by atoms with van der Waals surface area (Å²) >= 11 is 6.77. The van der Waals surface area contributed by atoms with Crippen LogP contribution in [0.4, 0.5) is 0 Å². The van der Waals surface area contributed by atoms with Crippen LogP contribution in [0, 0.1) is 50.7 Å². The Hall–Kier alpha value is -1.60. The molecule has 0 aromatic heterocycles. The molecule has 0 aromatic carbocycles. The summed E-state index contributed by atoms with van der Waals surface area (Å²) in [5.41, 5.74) is -0.269. The first-order valence-corrected chi connectivity index (χ1v) is 15.6. The maximum atomic E-state index is 12.9. The standard InChI is InChI=1S/C32H47ClO7/c1-17(34)40-21-15-30(5)22(31(6,25(21)35)26(36)37)8-9-29(4)19-7-10-32(27(38)39)12-11-28(2,3)14-20(32)24(19)18(16-33)13-23(29)30/h18,20-23,25,35H,7-16H2,1-6H3,(H,36,37)(H,38,39)/t18-,20+,21+,22-,23+,25+,29+,30+,31+,32-/m1/s1. The lowest BCUT2D eigenvalue weighted by atomic mass is 9.37. The Bertz CT molecular complexity index is 1150. The number of allylic oxidation sites excluding steroid dienone is 2. The largest absolute Gasteiger partial charge is 0.481 e. The van der Waals surface area contributed by atoms with E-state index in [0.717, 1.165) is 32.1 Å². The molecule has 7 nitrogen and oxygen atoms in total. The van der Waals surface area contributed by atoms with E-state index in [4.69, 9.17) is 16.3 Å². The summed E-state index contributed by atoms with van der Waals surface area (Å²) < 4.78 is 5.61. The summed E-state index contributed by atoms with van der Waals surface area (Å²) in [5, 5.41) is 32.4. The van der Waals surface area contributed by atoms with Crippen molar-refractivity contribution in [3.8, 4) is 0 Å². The molecule has 40 heavy (non-hydrogen) atoms. The van der Waals surface area contributed by atoms with Gasteiger partial charge in [-0.1, -0.05) is 38.8 Å². The van der Waals surface area contributed by atoms with Crippen molar-refractivity contribution in [1.29, 1.82) is 0 Å². The topological polar surface area (TPSA) is 121 Å². The smallest absolute Gasteiger partial charge is 0.312 e. The number of rotatable bonds is 4. The van der Waals surface area contributed by atoms with Crippen molar-refractivity contribution in [3.05, 3.63) is 11.1 Å². The predicted molar refractivity (Wildman–Crippen MR) is 151 cm³/mol. The van der Waals surface area contributed by atoms with Gasteiger partial charge in [0.15, 0.2) is 0 Å². The molecule has 0 aromatic rings. The number of aliphatic hydroxyl groups excluding tert-OH is 1. The zero-order valence-electron chi connectivity index (χ0n) is 24.9. The molecular formula is C32H47ClO7. The molecule has 3 fully saturated rings. The van der Waals surface area contributed by atoms with E-state index in [9.17, 15) is 29.7 Å². The van der Waals surface area contributed by atoms with Crippen LogP contribution in [-0.4, -0.2) is 51.3 Å². The van der Waals surface area contributed by atoms with Gasteiger partial charge in [0.1, 0.15) is 12.2 Å². The van der Waals surface area contributed by atoms with E-state index in [0.29, 0.717) is 31.6 Å². The van der Waals surface area contributed by atoms with E-state index < -0.39 is 46.4 Å². The molecular weight excluding hydrogens is 532 g/mol. The van der Waals surface area contributed by atoms with Crippen molar-refractivity contribution in [2.24, 2.45) is 50.7 Å². The number of fused-ring (bicyclic) bond motifs is 6. The molecule has 0 radical (unpaired) electrons. The highest BCUT2D eigenvalue weighted by Crippen LogP contribution is 2.72. The number of aliphatic hydroxyl groups is 1. The molecule has 3 N–H and O–H groups in total. The van der Waals surface area contributed by atoms with E-state index in [-0.39, 0.29) is 34.5 Å². The van der Waals surface area contributed by atoms with Gasteiger partial charge in [0.25, 0.3) is 0 Å². The Morgan fingerprint density at radius 1 is 0.950 bits per heavy atom. The highest BCUT2D eigenvalue weighted by atomic mass is 35.5. The molecule has 0 unspecified atom stereocenters. The van der Waals surface area contributed by atoms with Crippen LogP contribution in [0.1, 0.15) is 99.3 Å². The molecule has 10 atom stereocenters. The lowest BCUT2D eigenvalue weighted by Gasteiger charge is -2.67. The van der Waals surface area contributed by atoms with Crippen LogP contribution in [0.15, 0.2) is 11.1 Å². The summed E-state index contributed by atoms with van der Waals surface area (Å²) in [6.45, 7) is 11.9. The number of halogens is 1. The Morgan fingerprint density at radius 2 is 1.62 bits per heavy atom. The van der Waals surface area contributed by atoms with Crippen molar-refractivity contribution >= 4 is 29.5 Å². The first-order chi connectivity index (χ1) is 18.5. The molecule has 5 aliphatic rings. The first-order valence-electron chi connectivity index (χ1n) is 15.1. The number of aliphatic carboxylic acids is 2. The van der Waals surface area contributed by atoms with Crippen LogP contribution in [0.3, 0.4) is 0 Å². The lowest BCUT2D eigenvalue weighted by molar-refractivity contribution is -0.232. The fraction of sp³-hybridized carbons (Fsp3) is 0.844. The van der Waals surface area contributed by atoms with Gasteiger partial charge >= 0.3 is 17.9 Å². The van der Waals surface area contributed by atoms with Gasteiger partial charge in [-0.25, -0.2) is 0 Å². The number of carbonyl (C=O) groups is 3. The fourth-order valence-corrected chi connectivity index (χ4v) is 11.2. The fourth-order valence-electron chi connectivity index (χ4n) is 10.9. The minimum Gasteiger partial charge on any atom is -0.481 e. The summed E-state index contributed by atoms with van der Waals surface area (Å²) in [6, 6.07) is 0. The van der Waals surface area contributed by atoms with E-state index in [2.05, 4.69) is 27.7 Å². The normalized spacial score (nSPS) is 47.7. The Labute approximate surface area is 243 Å². The van der Waals surface area contributed by atoms with Crippen LogP contribution in [0.5, 0.6) is 0 Å². The third-order valence-electron chi connectivity index (χ3n) is 12.9. The molecule has 0 spiro atoms. The van der Waals surface area contributed by atoms with Crippen molar-refractivity contribution in [3.63, 3.8) is 0 Å². The van der Waals surface area contributed by atoms with Crippen molar-refractivity contribution < 1.29 is 34.4 Å². The molecule has 8 heteroatoms. The number of hydrogen-bond donors (Lipinski definition) is 3. The Kier molecular flexibility index (Phi) is 7.06. The van der Waals surface area contributed by atoms with Crippen molar-refractivity contribution in [2.75, 3.05) is 5.88 Å². The van der Waals surface area contributed by atoms with Crippen molar-refractivity contribution in [2.45, 2.75) is 112 Å². The first kappa shape index (κ1) is 29.9. The second kappa shape index (κ2) is 9.45. The van der Waals surface area contributed by atoms with Crippen LogP contribution in [0.25, 0.3) is 0 Å². The van der Waals surface area contributed by atoms with Gasteiger partial charge in [-0.2, -0.15) is 0 Å². The van der Waals surface area contributed by atoms with Crippen LogP contribution in [-0.2, 0) is 19.1 Å². The summed E-state index contributed by atoms with van der Waals surface area (Å²) in [5.74, 6) is -2.14. The minimum atomic E-state index is -1.46. The minimum absolute atomic E-state index is 0.0124. The number of carboxylic acid groups (broad SMARTS) is 2. The second-order valence-electron chi connectivity index (χ2n) is 15.4. The number of hydrogen-bond acceptors (Lipinski definition) is 5. The van der Waals surface area contributed by atoms with Gasteiger partial charge in [0, 0.05) is 12.8 Å². The molecule has 0 bridgehead atoms. The number of alkyl halides is 1. The molecule has 5 aliphatic carbocycles. The van der Waals surface area contributed by atoms with Crippen LogP contribution < -0.4 is 0 Å². The number of esters is 1. The van der Waals surface area contributed by atoms with Gasteiger partial charge in [0.2, 0.25) is 0 Å². The van der Waals surface area contributed by atoms with Crippen molar-refractivity contribution in [1.82, 2.24) is 0 Å². The summed E-state index contributed by atoms with van der Waals surface area (Å²) in [4.78, 5) is 37.8. The third-order valence-corrected chi connectivity index (χ3v) is 13.3. The number of ether oxygens (including phenoxy) is 1. The zero-order valence-corrected chi connectivity index (χ0v) is 25.6. The van der Waals surface area contributed by atoms with Crippen LogP contribution >= 0.6 is 11.6 Å². The molecule has 0 saturated heterocycles. The average Bonchev–Trinajstić information content (AvgIpc) is 2.85. The van der Waals surface area contributed by atoms with E-state index in [1.165, 1.54) is 18.1 Å². The highest BCUT2D eigenvalue weighted by molar-refractivity contribution is 6.18. The number of carbonyl (C=O) groups excluding carboxylic acids is 1. The maximum absolute atomic E-state index is 12.9. The van der Waals surface area contributed by atoms with Crippen LogP contribution in [0.2, 0.25) is 0 Å². The second-order valence-corrected chi connectivity index (χ2v) is 15.7. The molecule has 5 rings (SSSR count). The molecule has 0 amide bonds. The number of carboxylic acids is 2. The SMILES string of the molecule is CC(=O)O[C@H]1C[C@@]2(C)[C@@H](CC[C@@]3(C)C4=C([C@@H](CCl)C[C@H]23)[C@@H]2CC(C)(C)CC[C@]2(C(=O)O)CC4)[C@](C)(C(=O)O)[C@H]1O. The molecule has 3 saturated carbocycles. The Morgan fingerprint density at radius 3 is 2.20 bits per heavy atom. The van der Waals surface area contributed by atoms with Gasteiger partial charge in [-0.15, -0.1) is 11.6 Å². The van der Waals surface area contributed by atoms with Gasteiger partial charge in [0.05, 0.1) is 10.8 Å². The monoisotopic (exact) mass is 578 g/mol. The predicted octanol–water partition coefficient (Wildman–Crippen LogP) is 6.06. The summed E-state index contributed by atoms with van der Waals surface area (Å²) in [6.07, 6.45) is 4.14. The molecule has 224 valence electrons. The highest BCUT2D eigenvalue weighted by Gasteiger charge is 2.70. The van der Waals surface area contributed by atoms with E-state index >= 15 is 0 Å². The molecule has 0 heterocycles. The third kappa shape index (κ3) is 3.95. The van der Waals surface area contributed by atoms with Gasteiger partial charge < -0.3 is 20.1 Å².